The molecule has 1 saturated heterocycles. The van der Waals surface area contributed by atoms with E-state index in [2.05, 4.69) is 26.3 Å². The number of hydrogen-bond donors (Lipinski definition) is 2. The molecule has 0 spiro atoms. The van der Waals surface area contributed by atoms with E-state index < -0.39 is 50.2 Å². The molecule has 1 aliphatic heterocycles. The maximum Gasteiger partial charge on any atom is 0.280 e. The van der Waals surface area contributed by atoms with Crippen LogP contribution in [0.4, 0.5) is 10.3 Å². The summed E-state index contributed by atoms with van der Waals surface area (Å²) in [5.74, 6) is 0.392. The number of ether oxygens (including phenoxy) is 4. The molecule has 3 heterocycles. The Labute approximate surface area is 356 Å². The average Bonchev–Trinajstić information content (AvgIpc) is 3.81. The number of amides is 1. The number of nitrogens with zero attached hydrogens (tertiary/aromatic N) is 5. The first-order valence-corrected chi connectivity index (χ1v) is 21.3. The molecule has 1 aliphatic rings. The van der Waals surface area contributed by atoms with Crippen LogP contribution >= 0.6 is 8.53 Å². The quantitative estimate of drug-likeness (QED) is 0.0473. The van der Waals surface area contributed by atoms with E-state index in [1.807, 2.05) is 111 Å². The lowest BCUT2D eigenvalue weighted by atomic mass is 9.80. The minimum atomic E-state index is -1.96. The molecule has 17 heteroatoms. The molecule has 2 N–H and O–H groups in total. The fourth-order valence-electron chi connectivity index (χ4n) is 7.29. The number of anilines is 1. The topological polar surface area (TPSA) is 175 Å². The third kappa shape index (κ3) is 9.78. The number of aromatic amines is 1. The van der Waals surface area contributed by atoms with Crippen molar-refractivity contribution >= 4 is 31.5 Å². The Morgan fingerprint density at radius 2 is 1.56 bits per heavy atom. The van der Waals surface area contributed by atoms with Gasteiger partial charge in [-0.3, -0.25) is 24.5 Å². The number of benzene rings is 3. The number of H-pyrrole nitrogens is 1. The molecule has 1 amide bonds. The zero-order chi connectivity index (χ0) is 43.8. The molecular formula is C44H53FN7O8P. The summed E-state index contributed by atoms with van der Waals surface area (Å²) < 4.78 is 58.8. The molecule has 5 aromatic rings. The number of methoxy groups -OCH3 is 2. The lowest BCUT2D eigenvalue weighted by Crippen LogP contribution is -2.41. The van der Waals surface area contributed by atoms with Crippen molar-refractivity contribution in [3.8, 4) is 17.6 Å². The Balaban J connectivity index is 1.48. The summed E-state index contributed by atoms with van der Waals surface area (Å²) in [4.78, 5) is 37.1. The minimum Gasteiger partial charge on any atom is -0.497 e. The number of halogens is 1. The van der Waals surface area contributed by atoms with Crippen LogP contribution < -0.4 is 20.3 Å². The summed E-state index contributed by atoms with van der Waals surface area (Å²) in [7, 11) is 1.23. The number of nitrogens with one attached hydrogen (secondary N) is 2. The molecule has 1 fully saturated rings. The van der Waals surface area contributed by atoms with Crippen LogP contribution in [0.25, 0.3) is 11.2 Å². The number of nitriles is 1. The van der Waals surface area contributed by atoms with Gasteiger partial charge in [-0.1, -0.05) is 68.4 Å². The van der Waals surface area contributed by atoms with Gasteiger partial charge in [-0.05, 0) is 68.7 Å². The SMILES string of the molecule is COc1ccc(C(OC[C@H]2O[C@@H](n3cnc4c(=O)[nH]c(NC(=O)C(C)C)nc43)C(F)[C@H]2OP(OCCC#N)N(C(C)C)C(C)C)(c2ccccc2)c2ccc(OC)cc2)cc1. The van der Waals surface area contributed by atoms with Crippen LogP contribution in [0.5, 0.6) is 11.5 Å². The van der Waals surface area contributed by atoms with Crippen molar-refractivity contribution in [1.29, 1.82) is 5.26 Å². The highest BCUT2D eigenvalue weighted by Gasteiger charge is 2.51. The predicted molar refractivity (Wildman–Crippen MR) is 229 cm³/mol. The van der Waals surface area contributed by atoms with Crippen molar-refractivity contribution in [2.45, 2.75) is 90.3 Å². The Hall–Kier alpha value is -5.27. The molecule has 0 radical (unpaired) electrons. The van der Waals surface area contributed by atoms with Crippen LogP contribution in [0.1, 0.15) is 70.9 Å². The number of rotatable bonds is 19. The average molecular weight is 858 g/mol. The van der Waals surface area contributed by atoms with Gasteiger partial charge in [0, 0.05) is 18.0 Å². The first kappa shape index (κ1) is 45.3. The number of fused-ring (bicyclic) bond motifs is 1. The van der Waals surface area contributed by atoms with Crippen molar-refractivity contribution < 1.29 is 37.2 Å². The number of aromatic nitrogens is 4. The molecule has 2 unspecified atom stereocenters. The Kier molecular flexibility index (Phi) is 14.9. The van der Waals surface area contributed by atoms with Crippen molar-refractivity contribution in [1.82, 2.24) is 24.2 Å². The van der Waals surface area contributed by atoms with Gasteiger partial charge in [0.15, 0.2) is 23.6 Å². The van der Waals surface area contributed by atoms with Gasteiger partial charge in [-0.15, -0.1) is 0 Å². The van der Waals surface area contributed by atoms with Crippen LogP contribution in [-0.4, -0.2) is 88.0 Å². The van der Waals surface area contributed by atoms with Gasteiger partial charge in [-0.2, -0.15) is 10.2 Å². The van der Waals surface area contributed by atoms with Crippen LogP contribution in [0.15, 0.2) is 90.0 Å². The first-order chi connectivity index (χ1) is 29.3. The maximum atomic E-state index is 17.6. The Morgan fingerprint density at radius 3 is 2.10 bits per heavy atom. The number of imidazole rings is 1. The molecule has 0 aliphatic carbocycles. The molecule has 15 nitrogen and oxygen atoms in total. The molecule has 324 valence electrons. The third-order valence-electron chi connectivity index (χ3n) is 10.3. The first-order valence-electron chi connectivity index (χ1n) is 20.1. The second-order valence-electron chi connectivity index (χ2n) is 15.3. The van der Waals surface area contributed by atoms with Gasteiger partial charge < -0.3 is 28.0 Å². The highest BCUT2D eigenvalue weighted by molar-refractivity contribution is 7.44. The second-order valence-corrected chi connectivity index (χ2v) is 16.7. The lowest BCUT2D eigenvalue weighted by molar-refractivity contribution is -0.118. The second kappa shape index (κ2) is 20.1. The van der Waals surface area contributed by atoms with Gasteiger partial charge in [0.2, 0.25) is 11.9 Å². The van der Waals surface area contributed by atoms with Crippen molar-refractivity contribution in [3.05, 3.63) is 112 Å². The highest BCUT2D eigenvalue weighted by atomic mass is 31.2. The fraction of sp³-hybridized carbons (Fsp3) is 0.432. The maximum absolute atomic E-state index is 17.6. The van der Waals surface area contributed by atoms with Gasteiger partial charge >= 0.3 is 0 Å². The zero-order valence-corrected chi connectivity index (χ0v) is 36.5. The summed E-state index contributed by atoms with van der Waals surface area (Å²) in [5, 5.41) is 12.0. The summed E-state index contributed by atoms with van der Waals surface area (Å²) in [6.45, 7) is 11.2. The van der Waals surface area contributed by atoms with Crippen molar-refractivity contribution in [3.63, 3.8) is 0 Å². The number of alkyl halides is 1. The number of carbonyl (C=O) groups is 1. The van der Waals surface area contributed by atoms with E-state index in [4.69, 9.17) is 28.0 Å². The molecule has 6 rings (SSSR count). The molecule has 61 heavy (non-hydrogen) atoms. The molecule has 0 saturated carbocycles. The summed E-state index contributed by atoms with van der Waals surface area (Å²) in [6.07, 6.45) is -4.32. The Bertz CT molecular complexity index is 2260. The van der Waals surface area contributed by atoms with Gasteiger partial charge in [0.1, 0.15) is 29.3 Å². The smallest absolute Gasteiger partial charge is 0.280 e. The van der Waals surface area contributed by atoms with E-state index in [1.54, 1.807) is 28.1 Å². The number of carbonyl (C=O) groups excluding carboxylic acids is 1. The van der Waals surface area contributed by atoms with Gasteiger partial charge in [-0.25, -0.2) is 14.0 Å². The predicted octanol–water partition coefficient (Wildman–Crippen LogP) is 7.64. The van der Waals surface area contributed by atoms with Gasteiger partial charge in [0.05, 0.1) is 46.3 Å². The third-order valence-corrected chi connectivity index (χ3v) is 12.4. The Morgan fingerprint density at radius 1 is 0.967 bits per heavy atom. The molecular weight excluding hydrogens is 804 g/mol. The molecule has 3 aromatic carbocycles. The molecule has 0 bridgehead atoms. The van der Waals surface area contributed by atoms with E-state index >= 15 is 4.39 Å². The summed E-state index contributed by atoms with van der Waals surface area (Å²) in [5.41, 5.74) is 0.280. The van der Waals surface area contributed by atoms with E-state index in [-0.39, 0.29) is 54.7 Å². The van der Waals surface area contributed by atoms with E-state index in [0.717, 1.165) is 16.7 Å². The monoisotopic (exact) mass is 857 g/mol. The summed E-state index contributed by atoms with van der Waals surface area (Å²) in [6, 6.07) is 26.7. The zero-order valence-electron chi connectivity index (χ0n) is 35.6. The van der Waals surface area contributed by atoms with Crippen LogP contribution in [0.2, 0.25) is 0 Å². The molecule has 5 atom stereocenters. The minimum absolute atomic E-state index is 0.00982. The largest absolute Gasteiger partial charge is 0.497 e. The van der Waals surface area contributed by atoms with E-state index in [9.17, 15) is 14.9 Å². The van der Waals surface area contributed by atoms with Crippen LogP contribution in [-0.2, 0) is 28.9 Å². The standard InChI is InChI=1S/C44H53FN7O8P/c1-27(2)40(53)49-43-48-39-37(41(54)50-43)47-26-51(39)42-36(45)38(60-61(58-24-12-23-46)52(28(3)4)29(5)6)35(59-42)25-57-44(30-13-10-9-11-14-30,31-15-19-33(55-7)20-16-31)32-17-21-34(56-8)22-18-32/h9-11,13-22,26-29,35-36,38,42H,12,24-25H2,1-8H3,(H2,48,49,50,53,54)/t35-,36?,38+,42-,61?/m1/s1. The number of hydrogen-bond acceptors (Lipinski definition) is 12. The summed E-state index contributed by atoms with van der Waals surface area (Å²) >= 11 is 0. The lowest BCUT2D eigenvalue weighted by Gasteiger charge is -2.39. The normalized spacial score (nSPS) is 18.6. The van der Waals surface area contributed by atoms with Gasteiger partial charge in [0.25, 0.3) is 14.1 Å². The fourth-order valence-corrected chi connectivity index (χ4v) is 9.06. The van der Waals surface area contributed by atoms with Crippen molar-refractivity contribution in [2.24, 2.45) is 5.92 Å². The van der Waals surface area contributed by atoms with Crippen LogP contribution in [0.3, 0.4) is 0 Å². The van der Waals surface area contributed by atoms with E-state index in [1.165, 1.54) is 10.9 Å². The van der Waals surface area contributed by atoms with Crippen molar-refractivity contribution in [2.75, 3.05) is 32.8 Å². The van der Waals surface area contributed by atoms with E-state index in [0.29, 0.717) is 11.5 Å². The molecule has 2 aromatic heterocycles. The highest BCUT2D eigenvalue weighted by Crippen LogP contribution is 2.51. The van der Waals surface area contributed by atoms with Crippen LogP contribution in [0, 0.1) is 17.2 Å².